The fourth-order valence-electron chi connectivity index (χ4n) is 1.79. The van der Waals surface area contributed by atoms with Crippen molar-refractivity contribution in [2.45, 2.75) is 12.5 Å². The van der Waals surface area contributed by atoms with Crippen LogP contribution in [-0.2, 0) is 9.84 Å². The zero-order chi connectivity index (χ0) is 12.5. The van der Waals surface area contributed by atoms with Crippen molar-refractivity contribution in [1.82, 2.24) is 5.32 Å². The van der Waals surface area contributed by atoms with Gasteiger partial charge in [-0.15, -0.1) is 0 Å². The van der Waals surface area contributed by atoms with Crippen molar-refractivity contribution in [3.05, 3.63) is 29.8 Å². The van der Waals surface area contributed by atoms with Crippen LogP contribution in [0.4, 0.5) is 0 Å². The molecule has 2 rings (SSSR count). The molecule has 2 N–H and O–H groups in total. The highest BCUT2D eigenvalue weighted by Crippen LogP contribution is 2.13. The lowest BCUT2D eigenvalue weighted by Crippen LogP contribution is -2.35. The molecule has 1 aromatic rings. The summed E-state index contributed by atoms with van der Waals surface area (Å²) in [6.07, 6.45) is 0.464. The van der Waals surface area contributed by atoms with E-state index in [0.717, 1.165) is 0 Å². The molecule has 1 fully saturated rings. The van der Waals surface area contributed by atoms with E-state index in [0.29, 0.717) is 12.0 Å². The molecule has 6 heteroatoms. The normalized spacial score (nSPS) is 22.2. The first-order valence-electron chi connectivity index (χ1n) is 5.26. The van der Waals surface area contributed by atoms with Crippen LogP contribution in [0.2, 0.25) is 0 Å². The van der Waals surface area contributed by atoms with Crippen molar-refractivity contribution in [3.8, 4) is 5.75 Å². The van der Waals surface area contributed by atoms with Gasteiger partial charge in [-0.3, -0.25) is 4.79 Å². The topological polar surface area (TPSA) is 83.5 Å². The SMILES string of the molecule is O=C(NC1CCS(=O)(=O)C1)c1ccc(O)cc1. The third-order valence-electron chi connectivity index (χ3n) is 2.70. The largest absolute Gasteiger partial charge is 0.508 e. The van der Waals surface area contributed by atoms with E-state index in [1.165, 1.54) is 24.3 Å². The third kappa shape index (κ3) is 2.97. The minimum absolute atomic E-state index is 0.0107. The summed E-state index contributed by atoms with van der Waals surface area (Å²) in [6, 6.07) is 5.52. The lowest BCUT2D eigenvalue weighted by molar-refractivity contribution is 0.0941. The predicted molar refractivity (Wildman–Crippen MR) is 62.6 cm³/mol. The number of phenols is 1. The Morgan fingerprint density at radius 2 is 1.94 bits per heavy atom. The van der Waals surface area contributed by atoms with Crippen LogP contribution in [0.15, 0.2) is 24.3 Å². The van der Waals surface area contributed by atoms with Crippen LogP contribution in [0, 0.1) is 0 Å². The van der Waals surface area contributed by atoms with Crippen LogP contribution in [-0.4, -0.2) is 37.0 Å². The fourth-order valence-corrected chi connectivity index (χ4v) is 3.46. The Kier molecular flexibility index (Phi) is 3.06. The van der Waals surface area contributed by atoms with Crippen molar-refractivity contribution >= 4 is 15.7 Å². The van der Waals surface area contributed by atoms with E-state index in [1.807, 2.05) is 0 Å². The molecule has 0 aliphatic carbocycles. The second-order valence-corrected chi connectivity index (χ2v) is 6.35. The highest BCUT2D eigenvalue weighted by Gasteiger charge is 2.28. The monoisotopic (exact) mass is 255 g/mol. The number of sulfone groups is 1. The summed E-state index contributed by atoms with van der Waals surface area (Å²) in [5.74, 6) is -0.0817. The standard InChI is InChI=1S/C11H13NO4S/c13-10-3-1-8(2-4-10)11(14)12-9-5-6-17(15,16)7-9/h1-4,9,13H,5-7H2,(H,12,14). The first-order chi connectivity index (χ1) is 7.96. The second kappa shape index (κ2) is 4.37. The fraction of sp³-hybridized carbons (Fsp3) is 0.364. The van der Waals surface area contributed by atoms with Crippen molar-refractivity contribution in [1.29, 1.82) is 0 Å². The average Bonchev–Trinajstić information content (AvgIpc) is 2.59. The maximum Gasteiger partial charge on any atom is 0.251 e. The molecule has 17 heavy (non-hydrogen) atoms. The van der Waals surface area contributed by atoms with Gasteiger partial charge in [-0.05, 0) is 30.7 Å². The van der Waals surface area contributed by atoms with Crippen LogP contribution in [0.5, 0.6) is 5.75 Å². The van der Waals surface area contributed by atoms with E-state index in [9.17, 15) is 13.2 Å². The van der Waals surface area contributed by atoms with Crippen molar-refractivity contribution < 1.29 is 18.3 Å². The first kappa shape index (κ1) is 11.9. The molecule has 1 saturated heterocycles. The smallest absolute Gasteiger partial charge is 0.251 e. The minimum atomic E-state index is -2.98. The molecular formula is C11H13NO4S. The van der Waals surface area contributed by atoms with Gasteiger partial charge < -0.3 is 10.4 Å². The highest BCUT2D eigenvalue weighted by molar-refractivity contribution is 7.91. The molecule has 1 amide bonds. The zero-order valence-electron chi connectivity index (χ0n) is 9.09. The van der Waals surface area contributed by atoms with Crippen LogP contribution < -0.4 is 5.32 Å². The number of nitrogens with one attached hydrogen (secondary N) is 1. The van der Waals surface area contributed by atoms with Crippen molar-refractivity contribution in [3.63, 3.8) is 0 Å². The maximum atomic E-state index is 11.7. The van der Waals surface area contributed by atoms with Crippen LogP contribution in [0.25, 0.3) is 0 Å². The number of carbonyl (C=O) groups is 1. The molecule has 5 nitrogen and oxygen atoms in total. The highest BCUT2D eigenvalue weighted by atomic mass is 32.2. The molecule has 0 saturated carbocycles. The van der Waals surface area contributed by atoms with E-state index in [2.05, 4.69) is 5.32 Å². The predicted octanol–water partition coefficient (Wildman–Crippen LogP) is 0.309. The lowest BCUT2D eigenvalue weighted by Gasteiger charge is -2.10. The molecule has 1 unspecified atom stereocenters. The Labute approximate surface area is 99.4 Å². The Balaban J connectivity index is 2.01. The molecule has 0 aromatic heterocycles. The maximum absolute atomic E-state index is 11.7. The van der Waals surface area contributed by atoms with Gasteiger partial charge in [0.15, 0.2) is 9.84 Å². The van der Waals surface area contributed by atoms with Crippen LogP contribution in [0.1, 0.15) is 16.8 Å². The Bertz CT molecular complexity index is 521. The van der Waals surface area contributed by atoms with E-state index in [-0.39, 0.29) is 29.2 Å². The number of hydrogen-bond donors (Lipinski definition) is 2. The number of rotatable bonds is 2. The Morgan fingerprint density at radius 3 is 2.47 bits per heavy atom. The summed E-state index contributed by atoms with van der Waals surface area (Å²) in [4.78, 5) is 11.7. The summed E-state index contributed by atoms with van der Waals surface area (Å²) in [7, 11) is -2.98. The molecular weight excluding hydrogens is 242 g/mol. The molecule has 1 aliphatic rings. The van der Waals surface area contributed by atoms with E-state index < -0.39 is 9.84 Å². The van der Waals surface area contributed by atoms with Gasteiger partial charge in [0.1, 0.15) is 5.75 Å². The summed E-state index contributed by atoms with van der Waals surface area (Å²) >= 11 is 0. The van der Waals surface area contributed by atoms with Crippen LogP contribution in [0.3, 0.4) is 0 Å². The van der Waals surface area contributed by atoms with E-state index >= 15 is 0 Å². The molecule has 1 heterocycles. The van der Waals surface area contributed by atoms with Gasteiger partial charge in [-0.25, -0.2) is 8.42 Å². The van der Waals surface area contributed by atoms with Gasteiger partial charge in [-0.2, -0.15) is 0 Å². The van der Waals surface area contributed by atoms with Crippen molar-refractivity contribution in [2.75, 3.05) is 11.5 Å². The van der Waals surface area contributed by atoms with Crippen LogP contribution >= 0.6 is 0 Å². The lowest BCUT2D eigenvalue weighted by atomic mass is 10.2. The minimum Gasteiger partial charge on any atom is -0.508 e. The second-order valence-electron chi connectivity index (χ2n) is 4.12. The quantitative estimate of drug-likeness (QED) is 0.796. The summed E-state index contributed by atoms with van der Waals surface area (Å²) in [6.45, 7) is 0. The summed E-state index contributed by atoms with van der Waals surface area (Å²) in [5.41, 5.74) is 0.409. The summed E-state index contributed by atoms with van der Waals surface area (Å²) < 4.78 is 22.4. The number of aromatic hydroxyl groups is 1. The first-order valence-corrected chi connectivity index (χ1v) is 7.09. The number of benzene rings is 1. The number of hydrogen-bond acceptors (Lipinski definition) is 4. The molecule has 92 valence electrons. The molecule has 0 spiro atoms. The van der Waals surface area contributed by atoms with Gasteiger partial charge in [0.2, 0.25) is 0 Å². The number of carbonyl (C=O) groups excluding carboxylic acids is 1. The zero-order valence-corrected chi connectivity index (χ0v) is 9.90. The van der Waals surface area contributed by atoms with Gasteiger partial charge in [0.05, 0.1) is 11.5 Å². The molecule has 1 aromatic carbocycles. The number of phenolic OH excluding ortho intramolecular Hbond substituents is 1. The van der Waals surface area contributed by atoms with Gasteiger partial charge in [-0.1, -0.05) is 0 Å². The Hall–Kier alpha value is -1.56. The third-order valence-corrected chi connectivity index (χ3v) is 4.47. The van der Waals surface area contributed by atoms with E-state index in [1.54, 1.807) is 0 Å². The van der Waals surface area contributed by atoms with E-state index in [4.69, 9.17) is 5.11 Å². The van der Waals surface area contributed by atoms with Gasteiger partial charge in [0.25, 0.3) is 5.91 Å². The number of amides is 1. The molecule has 1 atom stereocenters. The molecule has 0 bridgehead atoms. The summed E-state index contributed by atoms with van der Waals surface area (Å²) in [5, 5.41) is 11.8. The average molecular weight is 255 g/mol. The van der Waals surface area contributed by atoms with Crippen molar-refractivity contribution in [2.24, 2.45) is 0 Å². The van der Waals surface area contributed by atoms with Gasteiger partial charge >= 0.3 is 0 Å². The molecule has 1 aliphatic heterocycles. The molecule has 0 radical (unpaired) electrons. The Morgan fingerprint density at radius 1 is 1.29 bits per heavy atom. The van der Waals surface area contributed by atoms with Gasteiger partial charge in [0, 0.05) is 11.6 Å².